The Kier molecular flexibility index (Phi) is 3.30. The van der Waals surface area contributed by atoms with Crippen LogP contribution in [0.4, 0.5) is 0 Å². The third-order valence-electron chi connectivity index (χ3n) is 3.25. The van der Waals surface area contributed by atoms with Gasteiger partial charge in [0.25, 0.3) is 10.2 Å². The summed E-state index contributed by atoms with van der Waals surface area (Å²) in [6, 6.07) is 0. The average molecular weight is 233 g/mol. The molecule has 1 unspecified atom stereocenters. The highest BCUT2D eigenvalue weighted by Crippen LogP contribution is 2.19. The fraction of sp³-hybridized carbons (Fsp3) is 1.00. The van der Waals surface area contributed by atoms with Crippen molar-refractivity contribution < 1.29 is 8.42 Å². The van der Waals surface area contributed by atoms with Crippen molar-refractivity contribution >= 4 is 10.2 Å². The average Bonchev–Trinajstić information content (AvgIpc) is 2.47. The lowest BCUT2D eigenvalue weighted by Crippen LogP contribution is -2.40. The van der Waals surface area contributed by atoms with Gasteiger partial charge in [-0.2, -0.15) is 17.0 Å². The van der Waals surface area contributed by atoms with Crippen molar-refractivity contribution in [3.05, 3.63) is 0 Å². The Bertz CT molecular complexity index is 311. The molecular weight excluding hydrogens is 214 g/mol. The minimum atomic E-state index is -3.13. The maximum Gasteiger partial charge on any atom is 0.281 e. The second kappa shape index (κ2) is 4.37. The molecule has 0 spiro atoms. The summed E-state index contributed by atoms with van der Waals surface area (Å²) in [5.74, 6) is 0.486. The van der Waals surface area contributed by atoms with Crippen LogP contribution in [0.2, 0.25) is 0 Å². The molecule has 0 aliphatic carbocycles. The van der Waals surface area contributed by atoms with Crippen LogP contribution in [-0.2, 0) is 10.2 Å². The van der Waals surface area contributed by atoms with Gasteiger partial charge in [-0.05, 0) is 31.8 Å². The van der Waals surface area contributed by atoms with E-state index in [1.807, 2.05) is 0 Å². The molecule has 88 valence electrons. The monoisotopic (exact) mass is 233 g/mol. The zero-order valence-electron chi connectivity index (χ0n) is 9.15. The Hall–Kier alpha value is -0.170. The van der Waals surface area contributed by atoms with Crippen LogP contribution in [0.3, 0.4) is 0 Å². The number of hydrogen-bond donors (Lipinski definition) is 1. The smallest absolute Gasteiger partial charge is 0.281 e. The standard InChI is InChI=1S/C9H19N3O2S/c1-11-5-6-12(15(11,13)14)8-9-3-2-4-10-7-9/h9-10H,2-8H2,1H3. The molecule has 2 saturated heterocycles. The maximum atomic E-state index is 11.8. The van der Waals surface area contributed by atoms with E-state index in [1.165, 1.54) is 4.31 Å². The van der Waals surface area contributed by atoms with Crippen LogP contribution < -0.4 is 5.32 Å². The largest absolute Gasteiger partial charge is 0.316 e. The molecule has 0 radical (unpaired) electrons. The topological polar surface area (TPSA) is 52.6 Å². The van der Waals surface area contributed by atoms with Crippen LogP contribution in [0.15, 0.2) is 0 Å². The van der Waals surface area contributed by atoms with Gasteiger partial charge < -0.3 is 5.32 Å². The van der Waals surface area contributed by atoms with Crippen molar-refractivity contribution in [2.75, 3.05) is 39.8 Å². The first-order valence-corrected chi connectivity index (χ1v) is 6.92. The van der Waals surface area contributed by atoms with Crippen molar-refractivity contribution in [2.24, 2.45) is 5.92 Å². The molecule has 1 N–H and O–H groups in total. The van der Waals surface area contributed by atoms with Gasteiger partial charge in [0.2, 0.25) is 0 Å². The highest BCUT2D eigenvalue weighted by Gasteiger charge is 2.35. The highest BCUT2D eigenvalue weighted by atomic mass is 32.2. The number of rotatable bonds is 2. The summed E-state index contributed by atoms with van der Waals surface area (Å²) in [7, 11) is -1.48. The second-order valence-corrected chi connectivity index (χ2v) is 6.44. The minimum Gasteiger partial charge on any atom is -0.316 e. The number of likely N-dealkylation sites (N-methyl/N-ethyl adjacent to an activating group) is 1. The van der Waals surface area contributed by atoms with Crippen LogP contribution in [0, 0.1) is 5.92 Å². The van der Waals surface area contributed by atoms with Crippen LogP contribution in [0.25, 0.3) is 0 Å². The lowest BCUT2D eigenvalue weighted by molar-refractivity contribution is 0.304. The summed E-state index contributed by atoms with van der Waals surface area (Å²) in [6.07, 6.45) is 2.30. The molecule has 2 heterocycles. The third kappa shape index (κ3) is 2.33. The van der Waals surface area contributed by atoms with E-state index in [0.717, 1.165) is 25.9 Å². The number of nitrogens with zero attached hydrogens (tertiary/aromatic N) is 2. The summed E-state index contributed by atoms with van der Waals surface area (Å²) in [4.78, 5) is 0. The Labute approximate surface area is 91.6 Å². The van der Waals surface area contributed by atoms with Crippen molar-refractivity contribution in [3.8, 4) is 0 Å². The first kappa shape index (κ1) is 11.3. The number of nitrogens with one attached hydrogen (secondary N) is 1. The summed E-state index contributed by atoms with van der Waals surface area (Å²) < 4.78 is 26.6. The predicted octanol–water partition coefficient (Wildman–Crippen LogP) is -0.522. The van der Waals surface area contributed by atoms with Crippen molar-refractivity contribution in [1.29, 1.82) is 0 Å². The summed E-state index contributed by atoms with van der Waals surface area (Å²) in [6.45, 7) is 3.98. The molecule has 0 aromatic carbocycles. The van der Waals surface area contributed by atoms with E-state index in [2.05, 4.69) is 5.32 Å². The molecule has 0 aromatic heterocycles. The zero-order chi connectivity index (χ0) is 10.9. The van der Waals surface area contributed by atoms with Crippen molar-refractivity contribution in [2.45, 2.75) is 12.8 Å². The molecule has 2 rings (SSSR count). The Balaban J connectivity index is 1.94. The van der Waals surface area contributed by atoms with Gasteiger partial charge >= 0.3 is 0 Å². The van der Waals surface area contributed by atoms with Gasteiger partial charge in [-0.25, -0.2) is 0 Å². The SMILES string of the molecule is CN1CCN(CC2CCCNC2)S1(=O)=O. The molecule has 15 heavy (non-hydrogen) atoms. The van der Waals surface area contributed by atoms with Gasteiger partial charge in [-0.1, -0.05) is 0 Å². The predicted molar refractivity (Wildman–Crippen MR) is 58.7 cm³/mol. The third-order valence-corrected chi connectivity index (χ3v) is 5.20. The molecule has 0 amide bonds. The number of hydrogen-bond acceptors (Lipinski definition) is 3. The lowest BCUT2D eigenvalue weighted by atomic mass is 10.00. The Morgan fingerprint density at radius 2 is 2.20 bits per heavy atom. The quantitative estimate of drug-likeness (QED) is 0.698. The molecule has 0 aromatic rings. The molecule has 0 bridgehead atoms. The van der Waals surface area contributed by atoms with Gasteiger partial charge in [0.15, 0.2) is 0 Å². The summed E-state index contributed by atoms with van der Waals surface area (Å²) >= 11 is 0. The highest BCUT2D eigenvalue weighted by molar-refractivity contribution is 7.87. The second-order valence-electron chi connectivity index (χ2n) is 4.40. The van der Waals surface area contributed by atoms with Crippen molar-refractivity contribution in [1.82, 2.24) is 13.9 Å². The first-order valence-electron chi connectivity index (χ1n) is 5.53. The maximum absolute atomic E-state index is 11.8. The van der Waals surface area contributed by atoms with Crippen LogP contribution >= 0.6 is 0 Å². The fourth-order valence-corrected chi connectivity index (χ4v) is 3.65. The van der Waals surface area contributed by atoms with E-state index in [-0.39, 0.29) is 0 Å². The van der Waals surface area contributed by atoms with E-state index < -0.39 is 10.2 Å². The lowest BCUT2D eigenvalue weighted by Gasteiger charge is -2.26. The van der Waals surface area contributed by atoms with Gasteiger partial charge in [0.05, 0.1) is 0 Å². The fourth-order valence-electron chi connectivity index (χ4n) is 2.23. The summed E-state index contributed by atoms with van der Waals surface area (Å²) in [5.41, 5.74) is 0. The molecule has 6 heteroatoms. The van der Waals surface area contributed by atoms with Gasteiger partial charge in [-0.3, -0.25) is 0 Å². The zero-order valence-corrected chi connectivity index (χ0v) is 9.96. The van der Waals surface area contributed by atoms with Crippen molar-refractivity contribution in [3.63, 3.8) is 0 Å². The normalized spacial score (nSPS) is 33.3. The Morgan fingerprint density at radius 1 is 1.40 bits per heavy atom. The molecule has 0 saturated carbocycles. The van der Waals surface area contributed by atoms with E-state index >= 15 is 0 Å². The van der Waals surface area contributed by atoms with Crippen LogP contribution in [0.1, 0.15) is 12.8 Å². The van der Waals surface area contributed by atoms with Crippen LogP contribution in [0.5, 0.6) is 0 Å². The molecule has 2 aliphatic heterocycles. The van der Waals surface area contributed by atoms with E-state index in [1.54, 1.807) is 11.4 Å². The first-order chi connectivity index (χ1) is 7.10. The summed E-state index contributed by atoms with van der Waals surface area (Å²) in [5, 5.41) is 3.31. The molecule has 2 aliphatic rings. The molecular formula is C9H19N3O2S. The minimum absolute atomic E-state index is 0.486. The van der Waals surface area contributed by atoms with Crippen LogP contribution in [-0.4, -0.2) is 56.8 Å². The molecule has 1 atom stereocenters. The van der Waals surface area contributed by atoms with E-state index in [4.69, 9.17) is 0 Å². The van der Waals surface area contributed by atoms with Gasteiger partial charge in [0, 0.05) is 26.7 Å². The van der Waals surface area contributed by atoms with E-state index in [9.17, 15) is 8.42 Å². The number of piperidine rings is 1. The Morgan fingerprint density at radius 3 is 2.73 bits per heavy atom. The van der Waals surface area contributed by atoms with Gasteiger partial charge in [-0.15, -0.1) is 0 Å². The molecule has 2 fully saturated rings. The molecule has 5 nitrogen and oxygen atoms in total. The van der Waals surface area contributed by atoms with E-state index in [0.29, 0.717) is 25.6 Å². The van der Waals surface area contributed by atoms with Gasteiger partial charge in [0.1, 0.15) is 0 Å².